The van der Waals surface area contributed by atoms with Crippen molar-refractivity contribution in [2.75, 3.05) is 13.2 Å². The fourth-order valence-electron chi connectivity index (χ4n) is 3.40. The topological polar surface area (TPSA) is 117 Å². The Hall–Kier alpha value is -2.32. The SMILES string of the molecule is CC(C)(C)OC(=O)NC1C(CO)CC(CO)C1NC(=O)OCc1ccccc1. The highest BCUT2D eigenvalue weighted by atomic mass is 16.6. The summed E-state index contributed by atoms with van der Waals surface area (Å²) in [5, 5.41) is 24.8. The second-order valence-corrected chi connectivity index (χ2v) is 8.02. The molecule has 0 bridgehead atoms. The highest BCUT2D eigenvalue weighted by molar-refractivity contribution is 5.70. The van der Waals surface area contributed by atoms with Crippen LogP contribution in [0.4, 0.5) is 9.59 Å². The van der Waals surface area contributed by atoms with Crippen LogP contribution >= 0.6 is 0 Å². The number of ether oxygens (including phenoxy) is 2. The van der Waals surface area contributed by atoms with Crippen LogP contribution in [0.3, 0.4) is 0 Å². The largest absolute Gasteiger partial charge is 0.445 e. The Morgan fingerprint density at radius 2 is 1.54 bits per heavy atom. The predicted molar refractivity (Wildman–Crippen MR) is 102 cm³/mol. The molecule has 28 heavy (non-hydrogen) atoms. The molecule has 2 rings (SSSR count). The first kappa shape index (κ1) is 22.0. The number of benzene rings is 1. The number of hydrogen-bond acceptors (Lipinski definition) is 6. The summed E-state index contributed by atoms with van der Waals surface area (Å²) in [6.07, 6.45) is -0.835. The van der Waals surface area contributed by atoms with Gasteiger partial charge in [0.2, 0.25) is 0 Å². The molecule has 8 nitrogen and oxygen atoms in total. The lowest BCUT2D eigenvalue weighted by Crippen LogP contribution is -2.54. The number of aliphatic hydroxyl groups excluding tert-OH is 2. The Bertz CT molecular complexity index is 646. The molecule has 1 aromatic rings. The van der Waals surface area contributed by atoms with Crippen LogP contribution in [0.15, 0.2) is 30.3 Å². The molecule has 2 amide bonds. The molecule has 0 spiro atoms. The normalized spacial score (nSPS) is 24.5. The minimum absolute atomic E-state index is 0.108. The van der Waals surface area contributed by atoms with Crippen molar-refractivity contribution in [3.8, 4) is 0 Å². The summed E-state index contributed by atoms with van der Waals surface area (Å²) < 4.78 is 10.5. The van der Waals surface area contributed by atoms with Crippen molar-refractivity contribution in [2.24, 2.45) is 11.8 Å². The van der Waals surface area contributed by atoms with E-state index in [9.17, 15) is 19.8 Å². The van der Waals surface area contributed by atoms with Crippen LogP contribution in [0.5, 0.6) is 0 Å². The van der Waals surface area contributed by atoms with E-state index in [0.29, 0.717) is 6.42 Å². The van der Waals surface area contributed by atoms with E-state index in [1.807, 2.05) is 30.3 Å². The van der Waals surface area contributed by atoms with E-state index in [1.54, 1.807) is 20.8 Å². The molecule has 1 saturated carbocycles. The number of rotatable bonds is 6. The molecule has 0 heterocycles. The van der Waals surface area contributed by atoms with Gasteiger partial charge in [-0.3, -0.25) is 0 Å². The van der Waals surface area contributed by atoms with Crippen LogP contribution in [-0.2, 0) is 16.1 Å². The van der Waals surface area contributed by atoms with Crippen molar-refractivity contribution in [3.05, 3.63) is 35.9 Å². The van der Waals surface area contributed by atoms with Gasteiger partial charge in [-0.05, 0) is 32.8 Å². The van der Waals surface area contributed by atoms with Crippen molar-refractivity contribution in [3.63, 3.8) is 0 Å². The van der Waals surface area contributed by atoms with Crippen molar-refractivity contribution >= 4 is 12.2 Å². The third-order valence-corrected chi connectivity index (χ3v) is 4.66. The molecular weight excluding hydrogens is 364 g/mol. The molecule has 0 saturated heterocycles. The highest BCUT2D eigenvalue weighted by Crippen LogP contribution is 2.32. The maximum atomic E-state index is 12.3. The number of carbonyl (C=O) groups is 2. The van der Waals surface area contributed by atoms with Gasteiger partial charge in [-0.1, -0.05) is 30.3 Å². The molecule has 4 unspecified atom stereocenters. The third kappa shape index (κ3) is 6.38. The second-order valence-electron chi connectivity index (χ2n) is 8.02. The standard InChI is InChI=1S/C20H30N2O6/c1-20(2,3)28-19(26)22-17-15(11-24)9-14(10-23)16(17)21-18(25)27-12-13-7-5-4-6-8-13/h4-8,14-17,23-24H,9-12H2,1-3H3,(H,21,25)(H,22,26). The molecule has 8 heteroatoms. The Kier molecular flexibility index (Phi) is 7.65. The number of carbonyl (C=O) groups excluding carboxylic acids is 2. The highest BCUT2D eigenvalue weighted by Gasteiger charge is 2.45. The summed E-state index contributed by atoms with van der Waals surface area (Å²) >= 11 is 0. The Morgan fingerprint density at radius 1 is 1.00 bits per heavy atom. The fraction of sp³-hybridized carbons (Fsp3) is 0.600. The van der Waals surface area contributed by atoms with E-state index < -0.39 is 29.9 Å². The van der Waals surface area contributed by atoms with Gasteiger partial charge in [0.1, 0.15) is 12.2 Å². The molecule has 156 valence electrons. The van der Waals surface area contributed by atoms with Gasteiger partial charge < -0.3 is 30.3 Å². The van der Waals surface area contributed by atoms with E-state index in [2.05, 4.69) is 10.6 Å². The van der Waals surface area contributed by atoms with E-state index in [4.69, 9.17) is 9.47 Å². The zero-order valence-electron chi connectivity index (χ0n) is 16.6. The predicted octanol–water partition coefficient (Wildman–Crippen LogP) is 1.80. The van der Waals surface area contributed by atoms with E-state index in [0.717, 1.165) is 5.56 Å². The number of alkyl carbamates (subject to hydrolysis) is 2. The van der Waals surface area contributed by atoms with Crippen LogP contribution in [0.2, 0.25) is 0 Å². The van der Waals surface area contributed by atoms with Gasteiger partial charge in [0.25, 0.3) is 0 Å². The Balaban J connectivity index is 2.01. The van der Waals surface area contributed by atoms with E-state index in [-0.39, 0.29) is 31.7 Å². The average Bonchev–Trinajstić information content (AvgIpc) is 2.96. The molecular formula is C20H30N2O6. The maximum Gasteiger partial charge on any atom is 0.407 e. The van der Waals surface area contributed by atoms with Crippen LogP contribution in [0.25, 0.3) is 0 Å². The minimum Gasteiger partial charge on any atom is -0.445 e. The third-order valence-electron chi connectivity index (χ3n) is 4.66. The van der Waals surface area contributed by atoms with E-state index >= 15 is 0 Å². The summed E-state index contributed by atoms with van der Waals surface area (Å²) in [5.41, 5.74) is 0.171. The molecule has 1 aliphatic rings. The molecule has 1 aromatic carbocycles. The smallest absolute Gasteiger partial charge is 0.407 e. The van der Waals surface area contributed by atoms with Crippen LogP contribution in [0, 0.1) is 11.8 Å². The van der Waals surface area contributed by atoms with Crippen molar-refractivity contribution in [2.45, 2.75) is 51.5 Å². The first-order valence-corrected chi connectivity index (χ1v) is 9.42. The lowest BCUT2D eigenvalue weighted by molar-refractivity contribution is 0.0465. The number of hydrogen-bond donors (Lipinski definition) is 4. The first-order valence-electron chi connectivity index (χ1n) is 9.42. The number of aliphatic hydroxyl groups is 2. The van der Waals surface area contributed by atoms with Crippen molar-refractivity contribution in [1.29, 1.82) is 0 Å². The van der Waals surface area contributed by atoms with Crippen LogP contribution < -0.4 is 10.6 Å². The zero-order valence-corrected chi connectivity index (χ0v) is 16.6. The fourth-order valence-corrected chi connectivity index (χ4v) is 3.40. The van der Waals surface area contributed by atoms with Crippen LogP contribution in [-0.4, -0.2) is 53.3 Å². The summed E-state index contributed by atoms with van der Waals surface area (Å²) in [6.45, 7) is 4.98. The molecule has 4 atom stereocenters. The molecule has 0 radical (unpaired) electrons. The molecule has 1 aliphatic carbocycles. The molecule has 1 fully saturated rings. The van der Waals surface area contributed by atoms with E-state index in [1.165, 1.54) is 0 Å². The minimum atomic E-state index is -0.675. The lowest BCUT2D eigenvalue weighted by atomic mass is 10.0. The maximum absolute atomic E-state index is 12.3. The van der Waals surface area contributed by atoms with Crippen LogP contribution in [0.1, 0.15) is 32.8 Å². The zero-order chi connectivity index (χ0) is 20.7. The van der Waals surface area contributed by atoms with Gasteiger partial charge in [0, 0.05) is 25.0 Å². The van der Waals surface area contributed by atoms with Gasteiger partial charge in [0.15, 0.2) is 0 Å². The van der Waals surface area contributed by atoms with Gasteiger partial charge in [-0.25, -0.2) is 9.59 Å². The number of nitrogens with one attached hydrogen (secondary N) is 2. The van der Waals surface area contributed by atoms with Crippen molar-refractivity contribution in [1.82, 2.24) is 10.6 Å². The summed E-state index contributed by atoms with van der Waals surface area (Å²) in [7, 11) is 0. The van der Waals surface area contributed by atoms with Gasteiger partial charge in [-0.2, -0.15) is 0 Å². The van der Waals surface area contributed by atoms with Gasteiger partial charge in [-0.15, -0.1) is 0 Å². The number of amides is 2. The first-order chi connectivity index (χ1) is 13.2. The molecule has 4 N–H and O–H groups in total. The molecule has 0 aliphatic heterocycles. The summed E-state index contributed by atoms with van der Waals surface area (Å²) in [6, 6.07) is 8.08. The lowest BCUT2D eigenvalue weighted by Gasteiger charge is -2.29. The summed E-state index contributed by atoms with van der Waals surface area (Å²) in [5.74, 6) is -0.634. The quantitative estimate of drug-likeness (QED) is 0.584. The Morgan fingerprint density at radius 3 is 2.04 bits per heavy atom. The van der Waals surface area contributed by atoms with Gasteiger partial charge >= 0.3 is 12.2 Å². The average molecular weight is 394 g/mol. The second kappa shape index (κ2) is 9.75. The molecule has 0 aromatic heterocycles. The Labute approximate surface area is 165 Å². The monoisotopic (exact) mass is 394 g/mol. The van der Waals surface area contributed by atoms with Gasteiger partial charge in [0.05, 0.1) is 12.1 Å². The van der Waals surface area contributed by atoms with Crippen molar-refractivity contribution < 1.29 is 29.3 Å². The summed E-state index contributed by atoms with van der Waals surface area (Å²) in [4.78, 5) is 24.5.